The highest BCUT2D eigenvalue weighted by Crippen LogP contribution is 2.51. The standard InChI is InChI=1S/C36H25N3O/c1-36(2)27-18-8-6-14-23(27)31-25(16-10-19-28(31)36)34-37-33(22-12-4-3-5-13-22)38-35(39-34)26-17-11-21-30-32(26)24-15-7-9-20-29(24)40-30/h3-21H,1-2H3. The molecule has 5 aromatic carbocycles. The summed E-state index contributed by atoms with van der Waals surface area (Å²) >= 11 is 0. The molecule has 190 valence electrons. The molecule has 0 aliphatic heterocycles. The third-order valence-corrected chi connectivity index (χ3v) is 8.16. The average Bonchev–Trinajstić information content (AvgIpc) is 3.50. The minimum atomic E-state index is -0.110. The van der Waals surface area contributed by atoms with Crippen LogP contribution in [0.3, 0.4) is 0 Å². The van der Waals surface area contributed by atoms with E-state index in [0.29, 0.717) is 17.5 Å². The van der Waals surface area contributed by atoms with Gasteiger partial charge in [-0.05, 0) is 34.4 Å². The van der Waals surface area contributed by atoms with Gasteiger partial charge >= 0.3 is 0 Å². The van der Waals surface area contributed by atoms with Gasteiger partial charge in [-0.2, -0.15) is 0 Å². The summed E-state index contributed by atoms with van der Waals surface area (Å²) in [5.74, 6) is 1.94. The van der Waals surface area contributed by atoms with Gasteiger partial charge in [0.05, 0.1) is 0 Å². The highest BCUT2D eigenvalue weighted by Gasteiger charge is 2.37. The average molecular weight is 516 g/mol. The Bertz CT molecular complexity index is 2090. The molecule has 0 saturated heterocycles. The molecule has 0 atom stereocenters. The van der Waals surface area contributed by atoms with E-state index in [0.717, 1.165) is 38.6 Å². The van der Waals surface area contributed by atoms with Gasteiger partial charge in [-0.25, -0.2) is 15.0 Å². The van der Waals surface area contributed by atoms with Crippen molar-refractivity contribution < 1.29 is 4.42 Å². The molecule has 1 aliphatic carbocycles. The fourth-order valence-corrected chi connectivity index (χ4v) is 6.24. The molecule has 8 rings (SSSR count). The molecule has 0 bridgehead atoms. The minimum absolute atomic E-state index is 0.110. The van der Waals surface area contributed by atoms with Crippen molar-refractivity contribution in [2.24, 2.45) is 0 Å². The molecule has 2 heterocycles. The van der Waals surface area contributed by atoms with Crippen LogP contribution in [0.5, 0.6) is 0 Å². The van der Waals surface area contributed by atoms with Crippen LogP contribution in [-0.4, -0.2) is 15.0 Å². The highest BCUT2D eigenvalue weighted by molar-refractivity contribution is 6.11. The third kappa shape index (κ3) is 3.29. The van der Waals surface area contributed by atoms with E-state index in [-0.39, 0.29) is 5.41 Å². The summed E-state index contributed by atoms with van der Waals surface area (Å²) in [5.41, 5.74) is 9.50. The predicted octanol–water partition coefficient (Wildman–Crippen LogP) is 9.08. The van der Waals surface area contributed by atoms with Crippen LogP contribution < -0.4 is 0 Å². The molecule has 2 aromatic heterocycles. The van der Waals surface area contributed by atoms with Crippen molar-refractivity contribution in [3.63, 3.8) is 0 Å². The smallest absolute Gasteiger partial charge is 0.164 e. The monoisotopic (exact) mass is 515 g/mol. The molecule has 0 amide bonds. The summed E-state index contributed by atoms with van der Waals surface area (Å²) in [6, 6.07) is 39.5. The molecule has 0 unspecified atom stereocenters. The van der Waals surface area contributed by atoms with E-state index in [4.69, 9.17) is 19.4 Å². The third-order valence-electron chi connectivity index (χ3n) is 8.16. The number of hydrogen-bond acceptors (Lipinski definition) is 4. The zero-order valence-corrected chi connectivity index (χ0v) is 22.2. The van der Waals surface area contributed by atoms with E-state index in [2.05, 4.69) is 68.4 Å². The largest absolute Gasteiger partial charge is 0.456 e. The topological polar surface area (TPSA) is 51.8 Å². The molecule has 0 saturated carbocycles. The number of rotatable bonds is 3. The molecule has 4 nitrogen and oxygen atoms in total. The summed E-state index contributed by atoms with van der Waals surface area (Å²) < 4.78 is 6.20. The Kier molecular flexibility index (Phi) is 4.83. The van der Waals surface area contributed by atoms with E-state index in [1.807, 2.05) is 60.7 Å². The molecular weight excluding hydrogens is 490 g/mol. The van der Waals surface area contributed by atoms with Crippen LogP contribution in [0.25, 0.3) is 67.2 Å². The van der Waals surface area contributed by atoms with Crippen molar-refractivity contribution in [3.05, 3.63) is 126 Å². The number of furan rings is 1. The molecule has 0 spiro atoms. The van der Waals surface area contributed by atoms with Gasteiger partial charge < -0.3 is 4.42 Å². The Balaban J connectivity index is 1.44. The first-order valence-electron chi connectivity index (χ1n) is 13.6. The van der Waals surface area contributed by atoms with Gasteiger partial charge in [0.15, 0.2) is 17.5 Å². The van der Waals surface area contributed by atoms with Crippen molar-refractivity contribution in [1.82, 2.24) is 15.0 Å². The van der Waals surface area contributed by atoms with Crippen molar-refractivity contribution in [2.75, 3.05) is 0 Å². The molecule has 40 heavy (non-hydrogen) atoms. The molecule has 4 heteroatoms. The zero-order valence-electron chi connectivity index (χ0n) is 22.2. The lowest BCUT2D eigenvalue weighted by atomic mass is 9.82. The van der Waals surface area contributed by atoms with Crippen molar-refractivity contribution >= 4 is 21.9 Å². The van der Waals surface area contributed by atoms with Gasteiger partial charge in [-0.3, -0.25) is 0 Å². The van der Waals surface area contributed by atoms with E-state index >= 15 is 0 Å². The van der Waals surface area contributed by atoms with Crippen LogP contribution in [0.2, 0.25) is 0 Å². The van der Waals surface area contributed by atoms with Crippen LogP contribution >= 0.6 is 0 Å². The minimum Gasteiger partial charge on any atom is -0.456 e. The van der Waals surface area contributed by atoms with Crippen molar-refractivity contribution in [3.8, 4) is 45.3 Å². The number of hydrogen-bond donors (Lipinski definition) is 0. The van der Waals surface area contributed by atoms with Gasteiger partial charge in [-0.15, -0.1) is 0 Å². The molecule has 0 radical (unpaired) electrons. The fourth-order valence-electron chi connectivity index (χ4n) is 6.24. The van der Waals surface area contributed by atoms with E-state index in [9.17, 15) is 0 Å². The van der Waals surface area contributed by atoms with Crippen LogP contribution in [0.15, 0.2) is 120 Å². The Morgan fingerprint density at radius 1 is 0.500 bits per heavy atom. The van der Waals surface area contributed by atoms with E-state index in [1.54, 1.807) is 0 Å². The fraction of sp³-hybridized carbons (Fsp3) is 0.0833. The second kappa shape index (κ2) is 8.45. The summed E-state index contributed by atoms with van der Waals surface area (Å²) in [4.78, 5) is 15.3. The Hall–Kier alpha value is -5.09. The number of benzene rings is 5. The van der Waals surface area contributed by atoms with Gasteiger partial charge in [-0.1, -0.05) is 117 Å². The normalized spacial score (nSPS) is 13.4. The lowest BCUT2D eigenvalue weighted by Gasteiger charge is -2.21. The SMILES string of the molecule is CC1(C)c2ccccc2-c2c(-c3nc(-c4ccccc4)nc(-c4cccc5oc6ccccc6c45)n3)cccc21. The summed E-state index contributed by atoms with van der Waals surface area (Å²) in [5, 5.41) is 2.06. The predicted molar refractivity (Wildman–Crippen MR) is 161 cm³/mol. The summed E-state index contributed by atoms with van der Waals surface area (Å²) in [6.45, 7) is 4.58. The van der Waals surface area contributed by atoms with Crippen molar-refractivity contribution in [2.45, 2.75) is 19.3 Å². The van der Waals surface area contributed by atoms with Gasteiger partial charge in [0.2, 0.25) is 0 Å². The number of fused-ring (bicyclic) bond motifs is 6. The molecule has 7 aromatic rings. The molecule has 0 N–H and O–H groups in total. The molecular formula is C36H25N3O. The van der Waals surface area contributed by atoms with E-state index < -0.39 is 0 Å². The second-order valence-corrected chi connectivity index (χ2v) is 10.8. The van der Waals surface area contributed by atoms with Crippen LogP contribution in [0.4, 0.5) is 0 Å². The first kappa shape index (κ1) is 22.9. The van der Waals surface area contributed by atoms with Gasteiger partial charge in [0, 0.05) is 32.9 Å². The van der Waals surface area contributed by atoms with Gasteiger partial charge in [0.25, 0.3) is 0 Å². The number of nitrogens with zero attached hydrogens (tertiary/aromatic N) is 3. The Labute approximate surface area is 232 Å². The number of para-hydroxylation sites is 1. The van der Waals surface area contributed by atoms with E-state index in [1.165, 1.54) is 22.3 Å². The van der Waals surface area contributed by atoms with Gasteiger partial charge in [0.1, 0.15) is 11.2 Å². The molecule has 1 aliphatic rings. The maximum atomic E-state index is 6.20. The first-order chi connectivity index (χ1) is 19.6. The van der Waals surface area contributed by atoms with Crippen LogP contribution in [0.1, 0.15) is 25.0 Å². The highest BCUT2D eigenvalue weighted by atomic mass is 16.3. The Morgan fingerprint density at radius 3 is 1.98 bits per heavy atom. The zero-order chi connectivity index (χ0) is 26.8. The Morgan fingerprint density at radius 2 is 1.10 bits per heavy atom. The van der Waals surface area contributed by atoms with Crippen LogP contribution in [0, 0.1) is 0 Å². The molecule has 0 fully saturated rings. The summed E-state index contributed by atoms with van der Waals surface area (Å²) in [7, 11) is 0. The quantitative estimate of drug-likeness (QED) is 0.235. The second-order valence-electron chi connectivity index (χ2n) is 10.8. The van der Waals surface area contributed by atoms with Crippen molar-refractivity contribution in [1.29, 1.82) is 0 Å². The summed E-state index contributed by atoms with van der Waals surface area (Å²) in [6.07, 6.45) is 0. The maximum Gasteiger partial charge on any atom is 0.164 e. The maximum absolute atomic E-state index is 6.20. The lowest BCUT2D eigenvalue weighted by Crippen LogP contribution is -2.14. The first-order valence-corrected chi connectivity index (χ1v) is 13.6. The lowest BCUT2D eigenvalue weighted by molar-refractivity contribution is 0.660. The van der Waals surface area contributed by atoms with Crippen LogP contribution in [-0.2, 0) is 5.41 Å². The number of aromatic nitrogens is 3.